The molecule has 0 aromatic heterocycles. The Bertz CT molecular complexity index is 511. The van der Waals surface area contributed by atoms with Crippen molar-refractivity contribution in [2.24, 2.45) is 5.73 Å². The van der Waals surface area contributed by atoms with E-state index in [0.717, 1.165) is 7.11 Å². The largest absolute Gasteiger partial charge is 0.483 e. The Hall–Kier alpha value is -2.57. The number of benzene rings is 1. The standard InChI is InChI=1S/C12H13NO6/c1-17-11(15)7-4-3-5-8(19-6-9(13)14)10(7)12(16)18-2/h3-5H,6H2,1-2H3,(H2,13,14). The molecule has 1 rings (SSSR count). The predicted octanol–water partition coefficient (Wildman–Crippen LogP) is 0.124. The van der Waals surface area contributed by atoms with Crippen LogP contribution in [-0.2, 0) is 14.3 Å². The Labute approximate surface area is 109 Å². The lowest BCUT2D eigenvalue weighted by atomic mass is 10.1. The van der Waals surface area contributed by atoms with E-state index in [2.05, 4.69) is 9.47 Å². The molecule has 1 amide bonds. The molecular formula is C12H13NO6. The monoisotopic (exact) mass is 267 g/mol. The van der Waals surface area contributed by atoms with Crippen molar-refractivity contribution in [2.75, 3.05) is 20.8 Å². The maximum Gasteiger partial charge on any atom is 0.342 e. The molecule has 7 heteroatoms. The summed E-state index contributed by atoms with van der Waals surface area (Å²) in [5, 5.41) is 0. The fraction of sp³-hybridized carbons (Fsp3) is 0.250. The van der Waals surface area contributed by atoms with Gasteiger partial charge in [-0.15, -0.1) is 0 Å². The maximum atomic E-state index is 11.7. The average Bonchev–Trinajstić information content (AvgIpc) is 2.42. The fourth-order valence-electron chi connectivity index (χ4n) is 1.39. The molecule has 0 aliphatic rings. The fourth-order valence-corrected chi connectivity index (χ4v) is 1.39. The number of carbonyl (C=O) groups is 3. The summed E-state index contributed by atoms with van der Waals surface area (Å²) < 4.78 is 14.2. The van der Waals surface area contributed by atoms with E-state index in [-0.39, 0.29) is 16.9 Å². The van der Waals surface area contributed by atoms with Gasteiger partial charge in [-0.1, -0.05) is 6.07 Å². The van der Waals surface area contributed by atoms with Crippen LogP contribution in [-0.4, -0.2) is 38.7 Å². The number of nitrogens with two attached hydrogens (primary N) is 1. The van der Waals surface area contributed by atoms with Gasteiger partial charge >= 0.3 is 11.9 Å². The molecule has 0 aliphatic heterocycles. The summed E-state index contributed by atoms with van der Waals surface area (Å²) in [6.07, 6.45) is 0. The number of primary amides is 1. The van der Waals surface area contributed by atoms with Gasteiger partial charge in [-0.25, -0.2) is 9.59 Å². The Morgan fingerprint density at radius 2 is 1.74 bits per heavy atom. The second-order valence-electron chi connectivity index (χ2n) is 3.42. The summed E-state index contributed by atoms with van der Waals surface area (Å²) in [6, 6.07) is 4.28. The van der Waals surface area contributed by atoms with Crippen molar-refractivity contribution in [2.45, 2.75) is 0 Å². The third-order valence-corrected chi connectivity index (χ3v) is 2.19. The van der Waals surface area contributed by atoms with Crippen LogP contribution in [0.4, 0.5) is 0 Å². The van der Waals surface area contributed by atoms with Crippen molar-refractivity contribution in [3.05, 3.63) is 29.3 Å². The summed E-state index contributed by atoms with van der Waals surface area (Å²) in [5.74, 6) is -2.18. The molecule has 1 aromatic rings. The number of methoxy groups -OCH3 is 2. The average molecular weight is 267 g/mol. The number of hydrogen-bond acceptors (Lipinski definition) is 6. The first kappa shape index (κ1) is 14.5. The predicted molar refractivity (Wildman–Crippen MR) is 63.8 cm³/mol. The minimum absolute atomic E-state index is 0.0173. The lowest BCUT2D eigenvalue weighted by molar-refractivity contribution is -0.119. The first-order chi connectivity index (χ1) is 9.01. The summed E-state index contributed by atoms with van der Waals surface area (Å²) in [5.41, 5.74) is 4.82. The molecule has 1 aromatic carbocycles. The van der Waals surface area contributed by atoms with Gasteiger partial charge in [-0.3, -0.25) is 4.79 Å². The number of rotatable bonds is 5. The van der Waals surface area contributed by atoms with E-state index < -0.39 is 24.5 Å². The lowest BCUT2D eigenvalue weighted by Gasteiger charge is -2.12. The van der Waals surface area contributed by atoms with Crippen LogP contribution in [0.25, 0.3) is 0 Å². The van der Waals surface area contributed by atoms with Crippen LogP contribution in [0.2, 0.25) is 0 Å². The molecule has 7 nitrogen and oxygen atoms in total. The third-order valence-electron chi connectivity index (χ3n) is 2.19. The summed E-state index contributed by atoms with van der Waals surface area (Å²) in [7, 11) is 2.34. The number of ether oxygens (including phenoxy) is 3. The quantitative estimate of drug-likeness (QED) is 0.760. The highest BCUT2D eigenvalue weighted by Gasteiger charge is 2.23. The van der Waals surface area contributed by atoms with E-state index in [4.69, 9.17) is 10.5 Å². The zero-order valence-corrected chi connectivity index (χ0v) is 10.5. The summed E-state index contributed by atoms with van der Waals surface area (Å²) in [6.45, 7) is -0.422. The van der Waals surface area contributed by atoms with Gasteiger partial charge < -0.3 is 19.9 Å². The van der Waals surface area contributed by atoms with Crippen LogP contribution in [0.3, 0.4) is 0 Å². The molecule has 0 fully saturated rings. The number of carbonyl (C=O) groups excluding carboxylic acids is 3. The van der Waals surface area contributed by atoms with Crippen LogP contribution in [0.5, 0.6) is 5.75 Å². The minimum Gasteiger partial charge on any atom is -0.483 e. The van der Waals surface area contributed by atoms with Gasteiger partial charge in [0, 0.05) is 0 Å². The molecule has 0 heterocycles. The van der Waals surface area contributed by atoms with Crippen molar-refractivity contribution >= 4 is 17.8 Å². The van der Waals surface area contributed by atoms with Crippen molar-refractivity contribution in [1.29, 1.82) is 0 Å². The Balaban J connectivity index is 3.25. The van der Waals surface area contributed by atoms with Crippen LogP contribution in [0, 0.1) is 0 Å². The first-order valence-corrected chi connectivity index (χ1v) is 5.22. The van der Waals surface area contributed by atoms with Gasteiger partial charge in [0.05, 0.1) is 19.8 Å². The Kier molecular flexibility index (Phi) is 4.87. The molecule has 0 atom stereocenters. The van der Waals surface area contributed by atoms with Crippen molar-refractivity contribution in [3.8, 4) is 5.75 Å². The second kappa shape index (κ2) is 6.39. The van der Waals surface area contributed by atoms with E-state index >= 15 is 0 Å². The zero-order chi connectivity index (χ0) is 14.4. The van der Waals surface area contributed by atoms with Crippen LogP contribution in [0.1, 0.15) is 20.7 Å². The first-order valence-electron chi connectivity index (χ1n) is 5.22. The van der Waals surface area contributed by atoms with E-state index in [0.29, 0.717) is 0 Å². The van der Waals surface area contributed by atoms with E-state index in [1.54, 1.807) is 0 Å². The van der Waals surface area contributed by atoms with Crippen LogP contribution in [0.15, 0.2) is 18.2 Å². The second-order valence-corrected chi connectivity index (χ2v) is 3.42. The van der Waals surface area contributed by atoms with Gasteiger partial charge in [0.2, 0.25) is 0 Å². The van der Waals surface area contributed by atoms with Gasteiger partial charge in [-0.05, 0) is 12.1 Å². The van der Waals surface area contributed by atoms with Gasteiger partial charge in [0.15, 0.2) is 6.61 Å². The van der Waals surface area contributed by atoms with Crippen LogP contribution >= 0.6 is 0 Å². The normalized spacial score (nSPS) is 9.58. The highest BCUT2D eigenvalue weighted by atomic mass is 16.5. The van der Waals surface area contributed by atoms with Gasteiger partial charge in [-0.2, -0.15) is 0 Å². The molecule has 0 bridgehead atoms. The Morgan fingerprint density at radius 1 is 1.11 bits per heavy atom. The van der Waals surface area contributed by atoms with E-state index in [1.807, 2.05) is 0 Å². The molecule has 0 radical (unpaired) electrons. The molecular weight excluding hydrogens is 254 g/mol. The zero-order valence-electron chi connectivity index (χ0n) is 10.5. The molecule has 102 valence electrons. The molecule has 0 saturated heterocycles. The molecule has 0 unspecified atom stereocenters. The Morgan fingerprint density at radius 3 is 2.26 bits per heavy atom. The smallest absolute Gasteiger partial charge is 0.342 e. The molecule has 2 N–H and O–H groups in total. The molecule has 0 aliphatic carbocycles. The van der Waals surface area contributed by atoms with E-state index in [1.165, 1.54) is 25.3 Å². The minimum atomic E-state index is -0.777. The summed E-state index contributed by atoms with van der Waals surface area (Å²) >= 11 is 0. The van der Waals surface area contributed by atoms with Crippen molar-refractivity contribution in [3.63, 3.8) is 0 Å². The van der Waals surface area contributed by atoms with Crippen molar-refractivity contribution in [1.82, 2.24) is 0 Å². The lowest BCUT2D eigenvalue weighted by Crippen LogP contribution is -2.22. The highest BCUT2D eigenvalue weighted by Crippen LogP contribution is 2.24. The van der Waals surface area contributed by atoms with E-state index in [9.17, 15) is 14.4 Å². The topological polar surface area (TPSA) is 105 Å². The van der Waals surface area contributed by atoms with Gasteiger partial charge in [0.25, 0.3) is 5.91 Å². The van der Waals surface area contributed by atoms with Crippen molar-refractivity contribution < 1.29 is 28.6 Å². The highest BCUT2D eigenvalue weighted by molar-refractivity contribution is 6.05. The van der Waals surface area contributed by atoms with Gasteiger partial charge in [0.1, 0.15) is 11.3 Å². The summed E-state index contributed by atoms with van der Waals surface area (Å²) in [4.78, 5) is 33.9. The third kappa shape index (κ3) is 3.44. The van der Waals surface area contributed by atoms with Crippen LogP contribution < -0.4 is 10.5 Å². The molecule has 0 saturated carbocycles. The number of esters is 2. The SMILES string of the molecule is COC(=O)c1cccc(OCC(N)=O)c1C(=O)OC. The molecule has 0 spiro atoms. The molecule has 19 heavy (non-hydrogen) atoms. The maximum absolute atomic E-state index is 11.7. The number of amides is 1. The number of hydrogen-bond donors (Lipinski definition) is 1.